The Balaban J connectivity index is 1.73. The minimum absolute atomic E-state index is 0.266. The highest BCUT2D eigenvalue weighted by atomic mass is 16.5. The van der Waals surface area contributed by atoms with Crippen molar-refractivity contribution in [2.75, 3.05) is 17.2 Å². The Kier molecular flexibility index (Phi) is 4.60. The van der Waals surface area contributed by atoms with E-state index in [1.165, 1.54) is 6.33 Å². The van der Waals surface area contributed by atoms with Crippen molar-refractivity contribution in [2.24, 2.45) is 0 Å². The summed E-state index contributed by atoms with van der Waals surface area (Å²) in [6.07, 6.45) is 1.45. The largest absolute Gasteiger partial charge is 0.492 e. The molecule has 144 valence electrons. The van der Waals surface area contributed by atoms with Gasteiger partial charge in [0.1, 0.15) is 29.6 Å². The van der Waals surface area contributed by atoms with Crippen LogP contribution in [0, 0.1) is 6.92 Å². The van der Waals surface area contributed by atoms with Crippen LogP contribution in [0.1, 0.15) is 31.4 Å². The average Bonchev–Trinajstić information content (AvgIpc) is 3.31. The number of carbonyl (C=O) groups excluding carboxylic acids is 1. The molecule has 3 aromatic rings. The van der Waals surface area contributed by atoms with Crippen molar-refractivity contribution in [2.45, 2.75) is 26.8 Å². The second-order valence-electron chi connectivity index (χ2n) is 6.43. The standard InChI is InChI=1S/C20H21N5O3/c1-4-27-15-8-6-5-7-14(15)24-19(26)17-13(3)23-20-21-11-22-25(20)18(17)16-10-9-12(2)28-16/h5-11,18H,4H2,1-3H3,(H,24,26)(H,21,22,23). The molecule has 8 nitrogen and oxygen atoms in total. The second-order valence-corrected chi connectivity index (χ2v) is 6.43. The lowest BCUT2D eigenvalue weighted by Crippen LogP contribution is -2.31. The molecule has 0 bridgehead atoms. The first-order valence-corrected chi connectivity index (χ1v) is 9.05. The summed E-state index contributed by atoms with van der Waals surface area (Å²) >= 11 is 0. The number of rotatable bonds is 5. The van der Waals surface area contributed by atoms with Gasteiger partial charge in [-0.1, -0.05) is 12.1 Å². The lowest BCUT2D eigenvalue weighted by Gasteiger charge is -2.27. The Hall–Kier alpha value is -3.55. The van der Waals surface area contributed by atoms with E-state index in [-0.39, 0.29) is 5.91 Å². The highest BCUT2D eigenvalue weighted by molar-refractivity contribution is 6.06. The van der Waals surface area contributed by atoms with E-state index in [9.17, 15) is 4.79 Å². The lowest BCUT2D eigenvalue weighted by molar-refractivity contribution is -0.113. The summed E-state index contributed by atoms with van der Waals surface area (Å²) < 4.78 is 13.1. The van der Waals surface area contributed by atoms with Crippen molar-refractivity contribution in [3.05, 3.63) is 65.5 Å². The summed E-state index contributed by atoms with van der Waals surface area (Å²) in [6, 6.07) is 10.5. The van der Waals surface area contributed by atoms with Gasteiger partial charge in [0, 0.05) is 5.70 Å². The van der Waals surface area contributed by atoms with Gasteiger partial charge in [-0.15, -0.1) is 0 Å². The Labute approximate surface area is 162 Å². The zero-order chi connectivity index (χ0) is 19.7. The van der Waals surface area contributed by atoms with E-state index < -0.39 is 6.04 Å². The SMILES string of the molecule is CCOc1ccccc1NC(=O)C1=C(C)Nc2ncnn2C1c1ccc(C)o1. The molecule has 0 spiro atoms. The van der Waals surface area contributed by atoms with E-state index in [0.29, 0.717) is 41.0 Å². The van der Waals surface area contributed by atoms with Crippen molar-refractivity contribution in [1.29, 1.82) is 0 Å². The van der Waals surface area contributed by atoms with Gasteiger partial charge in [-0.2, -0.15) is 10.1 Å². The molecule has 1 aliphatic heterocycles. The predicted molar refractivity (Wildman–Crippen MR) is 104 cm³/mol. The number of carbonyl (C=O) groups is 1. The molecule has 4 rings (SSSR count). The van der Waals surface area contributed by atoms with Crippen LogP contribution in [-0.2, 0) is 4.79 Å². The first-order chi connectivity index (χ1) is 13.6. The number of furan rings is 1. The molecule has 0 saturated heterocycles. The molecule has 0 aliphatic carbocycles. The molecule has 0 saturated carbocycles. The molecule has 1 aromatic carbocycles. The van der Waals surface area contributed by atoms with Gasteiger partial charge >= 0.3 is 0 Å². The first kappa shape index (κ1) is 17.8. The van der Waals surface area contributed by atoms with Crippen molar-refractivity contribution >= 4 is 17.5 Å². The van der Waals surface area contributed by atoms with Crippen molar-refractivity contribution in [1.82, 2.24) is 14.8 Å². The van der Waals surface area contributed by atoms with Crippen molar-refractivity contribution < 1.29 is 13.9 Å². The summed E-state index contributed by atoms with van der Waals surface area (Å²) in [5, 5.41) is 10.4. The highest BCUT2D eigenvalue weighted by Gasteiger charge is 2.35. The van der Waals surface area contributed by atoms with Crippen molar-refractivity contribution in [3.8, 4) is 5.75 Å². The van der Waals surface area contributed by atoms with Crippen LogP contribution in [0.4, 0.5) is 11.6 Å². The van der Waals surface area contributed by atoms with Gasteiger partial charge in [-0.3, -0.25) is 4.79 Å². The van der Waals surface area contributed by atoms with Crippen LogP contribution < -0.4 is 15.4 Å². The zero-order valence-corrected chi connectivity index (χ0v) is 15.9. The van der Waals surface area contributed by atoms with Crippen LogP contribution in [0.5, 0.6) is 5.75 Å². The molecule has 0 radical (unpaired) electrons. The quantitative estimate of drug-likeness (QED) is 0.705. The molecule has 1 unspecified atom stereocenters. The number of aryl methyl sites for hydroxylation is 1. The predicted octanol–water partition coefficient (Wildman–Crippen LogP) is 3.51. The molecule has 1 atom stereocenters. The number of amides is 1. The Morgan fingerprint density at radius 3 is 2.86 bits per heavy atom. The number of aromatic nitrogens is 3. The number of hydrogen-bond acceptors (Lipinski definition) is 6. The fraction of sp³-hybridized carbons (Fsp3) is 0.250. The zero-order valence-electron chi connectivity index (χ0n) is 15.9. The number of anilines is 2. The monoisotopic (exact) mass is 379 g/mol. The molecule has 2 aromatic heterocycles. The Morgan fingerprint density at radius 1 is 1.29 bits per heavy atom. The lowest BCUT2D eigenvalue weighted by atomic mass is 10.00. The van der Waals surface area contributed by atoms with Gasteiger partial charge in [0.25, 0.3) is 5.91 Å². The van der Waals surface area contributed by atoms with Crippen LogP contribution in [0.25, 0.3) is 0 Å². The molecular formula is C20H21N5O3. The van der Waals surface area contributed by atoms with Gasteiger partial charge in [0.05, 0.1) is 17.9 Å². The molecule has 3 heterocycles. The minimum Gasteiger partial charge on any atom is -0.492 e. The van der Waals surface area contributed by atoms with Crippen LogP contribution >= 0.6 is 0 Å². The van der Waals surface area contributed by atoms with E-state index in [2.05, 4.69) is 20.7 Å². The normalized spacial score (nSPS) is 15.8. The third-order valence-electron chi connectivity index (χ3n) is 4.50. The van der Waals surface area contributed by atoms with Crippen LogP contribution in [0.2, 0.25) is 0 Å². The molecule has 1 amide bonds. The smallest absolute Gasteiger partial charge is 0.256 e. The summed E-state index contributed by atoms with van der Waals surface area (Å²) in [4.78, 5) is 17.5. The fourth-order valence-corrected chi connectivity index (χ4v) is 3.29. The van der Waals surface area contributed by atoms with E-state index in [1.807, 2.05) is 57.2 Å². The summed E-state index contributed by atoms with van der Waals surface area (Å²) in [6.45, 7) is 6.11. The van der Waals surface area contributed by atoms with Gasteiger partial charge in [-0.25, -0.2) is 4.68 Å². The van der Waals surface area contributed by atoms with E-state index >= 15 is 0 Å². The van der Waals surface area contributed by atoms with Crippen LogP contribution in [-0.4, -0.2) is 27.3 Å². The third kappa shape index (κ3) is 3.13. The maximum atomic E-state index is 13.3. The summed E-state index contributed by atoms with van der Waals surface area (Å²) in [5.74, 6) is 2.29. The molecule has 1 aliphatic rings. The highest BCUT2D eigenvalue weighted by Crippen LogP contribution is 2.36. The van der Waals surface area contributed by atoms with E-state index in [4.69, 9.17) is 9.15 Å². The fourth-order valence-electron chi connectivity index (χ4n) is 3.29. The number of nitrogens with one attached hydrogen (secondary N) is 2. The number of ether oxygens (including phenoxy) is 1. The topological polar surface area (TPSA) is 94.2 Å². The number of benzene rings is 1. The molecular weight excluding hydrogens is 358 g/mol. The van der Waals surface area contributed by atoms with Crippen molar-refractivity contribution in [3.63, 3.8) is 0 Å². The first-order valence-electron chi connectivity index (χ1n) is 9.05. The maximum absolute atomic E-state index is 13.3. The Bertz CT molecular complexity index is 1050. The third-order valence-corrected chi connectivity index (χ3v) is 4.50. The van der Waals surface area contributed by atoms with E-state index in [0.717, 1.165) is 5.76 Å². The number of allylic oxidation sites excluding steroid dienone is 1. The Morgan fingerprint density at radius 2 is 2.11 bits per heavy atom. The second kappa shape index (κ2) is 7.22. The molecule has 2 N–H and O–H groups in total. The molecule has 28 heavy (non-hydrogen) atoms. The van der Waals surface area contributed by atoms with Crippen LogP contribution in [0.3, 0.4) is 0 Å². The van der Waals surface area contributed by atoms with Gasteiger partial charge in [-0.05, 0) is 45.0 Å². The molecule has 8 heteroatoms. The average molecular weight is 379 g/mol. The van der Waals surface area contributed by atoms with Gasteiger partial charge in [0.15, 0.2) is 0 Å². The van der Waals surface area contributed by atoms with Gasteiger partial charge < -0.3 is 19.8 Å². The summed E-state index contributed by atoms with van der Waals surface area (Å²) in [7, 11) is 0. The van der Waals surface area contributed by atoms with E-state index in [1.54, 1.807) is 4.68 Å². The maximum Gasteiger partial charge on any atom is 0.256 e. The minimum atomic E-state index is -0.522. The number of fused-ring (bicyclic) bond motifs is 1. The molecule has 0 fully saturated rings. The summed E-state index contributed by atoms with van der Waals surface area (Å²) in [5.41, 5.74) is 1.79. The number of para-hydroxylation sites is 2. The number of hydrogen-bond donors (Lipinski definition) is 2. The van der Waals surface area contributed by atoms with Gasteiger partial charge in [0.2, 0.25) is 5.95 Å². The number of nitrogens with zero attached hydrogens (tertiary/aromatic N) is 3. The van der Waals surface area contributed by atoms with Crippen LogP contribution in [0.15, 0.2) is 58.4 Å².